The van der Waals surface area contributed by atoms with Crippen molar-refractivity contribution in [2.45, 2.75) is 64.0 Å². The Balaban J connectivity index is 0.000000251. The van der Waals surface area contributed by atoms with E-state index in [0.717, 1.165) is 26.4 Å². The van der Waals surface area contributed by atoms with Crippen LogP contribution in [0.1, 0.15) is 48.5 Å². The normalized spacial score (nSPS) is 23.2. The van der Waals surface area contributed by atoms with Gasteiger partial charge in [-0.3, -0.25) is 0 Å². The zero-order chi connectivity index (χ0) is 19.3. The van der Waals surface area contributed by atoms with Crippen LogP contribution in [0.15, 0.2) is 4.40 Å². The van der Waals surface area contributed by atoms with Gasteiger partial charge in [-0.15, -0.1) is 0 Å². The van der Waals surface area contributed by atoms with Crippen LogP contribution >= 0.6 is 0 Å². The minimum absolute atomic E-state index is 0.182. The van der Waals surface area contributed by atoms with Crippen LogP contribution in [0, 0.1) is 11.8 Å². The van der Waals surface area contributed by atoms with Crippen LogP contribution in [0.25, 0.3) is 0 Å². The molecule has 0 aliphatic carbocycles. The summed E-state index contributed by atoms with van der Waals surface area (Å²) in [5.41, 5.74) is 0. The van der Waals surface area contributed by atoms with E-state index in [1.165, 1.54) is 0 Å². The molecule has 0 bridgehead atoms. The maximum atomic E-state index is 11.7. The molecule has 0 aromatic heterocycles. The van der Waals surface area contributed by atoms with Gasteiger partial charge >= 0.3 is 0 Å². The molecule has 0 aromatic carbocycles. The van der Waals surface area contributed by atoms with Crippen LogP contribution in [0.3, 0.4) is 0 Å². The monoisotopic (exact) mass is 394 g/mol. The number of hydrogen-bond acceptors (Lipinski definition) is 4. The van der Waals surface area contributed by atoms with Crippen LogP contribution in [-0.2, 0) is 31.4 Å². The lowest BCUT2D eigenvalue weighted by Crippen LogP contribution is -2.48. The Bertz CT molecular complexity index is 490. The van der Waals surface area contributed by atoms with Gasteiger partial charge in [0, 0.05) is 24.1 Å². The zero-order valence-electron chi connectivity index (χ0n) is 16.5. The molecule has 25 heavy (non-hydrogen) atoms. The van der Waals surface area contributed by atoms with Gasteiger partial charge in [-0.25, -0.2) is 13.1 Å². The molecule has 6 nitrogen and oxygen atoms in total. The first-order valence-electron chi connectivity index (χ1n) is 8.71. The van der Waals surface area contributed by atoms with Crippen molar-refractivity contribution in [3.8, 4) is 0 Å². The van der Waals surface area contributed by atoms with Crippen LogP contribution in [0.5, 0.6) is 0 Å². The van der Waals surface area contributed by atoms with Crippen molar-refractivity contribution >= 4 is 28.2 Å². The van der Waals surface area contributed by atoms with Gasteiger partial charge in [0.15, 0.2) is 0 Å². The standard InChI is InChI=1S/C9H19NO2S.C8H15NO2S/c1-7(8-5-12-6-8)10-13(11)9(2,3)4;1-8(2,3)12(10)9-4-7-5-11-6-7/h7-8,10H,5-6H2,1-4H3;4,7H,5-6H2,1-3H3/t7-,13+;12-/m10/s1. The summed E-state index contributed by atoms with van der Waals surface area (Å²) in [5, 5.41) is 0. The summed E-state index contributed by atoms with van der Waals surface area (Å²) in [6.45, 7) is 16.8. The Hall–Kier alpha value is -0.150. The number of nitrogens with one attached hydrogen (secondary N) is 1. The molecule has 1 N–H and O–H groups in total. The Labute approximate surface area is 157 Å². The van der Waals surface area contributed by atoms with E-state index in [4.69, 9.17) is 9.47 Å². The molecule has 2 rings (SSSR count). The second-order valence-electron chi connectivity index (χ2n) is 8.50. The van der Waals surface area contributed by atoms with E-state index in [2.05, 4.69) is 16.0 Å². The van der Waals surface area contributed by atoms with Gasteiger partial charge in [0.1, 0.15) is 11.0 Å². The Morgan fingerprint density at radius 3 is 1.84 bits per heavy atom. The lowest BCUT2D eigenvalue weighted by atomic mass is 10.0. The van der Waals surface area contributed by atoms with E-state index in [-0.39, 0.29) is 15.5 Å². The Morgan fingerprint density at radius 2 is 1.52 bits per heavy atom. The second kappa shape index (κ2) is 9.69. The highest BCUT2D eigenvalue weighted by Crippen LogP contribution is 2.17. The van der Waals surface area contributed by atoms with E-state index in [1.54, 1.807) is 6.21 Å². The fraction of sp³-hybridized carbons (Fsp3) is 0.941. The first-order chi connectivity index (χ1) is 11.4. The summed E-state index contributed by atoms with van der Waals surface area (Å²) < 4.78 is 39.8. The highest BCUT2D eigenvalue weighted by Gasteiger charge is 2.29. The van der Waals surface area contributed by atoms with Crippen LogP contribution in [0.4, 0.5) is 0 Å². The number of nitrogens with zero attached hydrogens (tertiary/aromatic N) is 1. The van der Waals surface area contributed by atoms with Gasteiger partial charge in [-0.2, -0.15) is 4.40 Å². The molecule has 148 valence electrons. The third-order valence-corrected chi connectivity index (χ3v) is 6.83. The highest BCUT2D eigenvalue weighted by atomic mass is 32.2. The van der Waals surface area contributed by atoms with Crippen LogP contribution in [-0.4, -0.2) is 56.6 Å². The molecular formula is C17H34N2O4S2. The minimum atomic E-state index is -1.11. The van der Waals surface area contributed by atoms with Crippen molar-refractivity contribution in [2.75, 3.05) is 26.4 Å². The van der Waals surface area contributed by atoms with Gasteiger partial charge < -0.3 is 9.47 Å². The van der Waals surface area contributed by atoms with Crippen molar-refractivity contribution in [3.05, 3.63) is 0 Å². The highest BCUT2D eigenvalue weighted by molar-refractivity contribution is 7.85. The molecule has 0 unspecified atom stereocenters. The van der Waals surface area contributed by atoms with Crippen LogP contribution in [0.2, 0.25) is 0 Å². The fourth-order valence-corrected chi connectivity index (χ4v) is 3.11. The van der Waals surface area contributed by atoms with Crippen molar-refractivity contribution < 1.29 is 17.9 Å². The lowest BCUT2D eigenvalue weighted by molar-refractivity contribution is -0.0431. The predicted molar refractivity (Wildman–Crippen MR) is 105 cm³/mol. The van der Waals surface area contributed by atoms with Crippen LogP contribution < -0.4 is 4.72 Å². The van der Waals surface area contributed by atoms with Gasteiger partial charge in [-0.1, -0.05) is 0 Å². The Morgan fingerprint density at radius 1 is 1.00 bits per heavy atom. The molecule has 2 aliphatic rings. The topological polar surface area (TPSA) is 77.0 Å². The van der Waals surface area contributed by atoms with Gasteiger partial charge in [-0.05, 0) is 48.5 Å². The SMILES string of the molecule is CC(C)(C)[S@](=O)N=CC1COC1.C[C@@H](N[S@@](=O)C(C)(C)C)C1COC1. The van der Waals surface area contributed by atoms with Crippen molar-refractivity contribution in [1.82, 2.24) is 4.72 Å². The Kier molecular flexibility index (Phi) is 8.87. The summed E-state index contributed by atoms with van der Waals surface area (Å²) in [4.78, 5) is 0. The van der Waals surface area contributed by atoms with Crippen molar-refractivity contribution in [1.29, 1.82) is 0 Å². The van der Waals surface area contributed by atoms with E-state index in [1.807, 2.05) is 41.5 Å². The summed E-state index contributed by atoms with van der Waals surface area (Å²) >= 11 is 0. The summed E-state index contributed by atoms with van der Waals surface area (Å²) in [6.07, 6.45) is 1.75. The van der Waals surface area contributed by atoms with Crippen molar-refractivity contribution in [3.63, 3.8) is 0 Å². The molecule has 0 aromatic rings. The molecule has 0 radical (unpaired) electrons. The smallest absolute Gasteiger partial charge is 0.144 e. The van der Waals surface area contributed by atoms with E-state index >= 15 is 0 Å². The quantitative estimate of drug-likeness (QED) is 0.726. The van der Waals surface area contributed by atoms with Crippen molar-refractivity contribution in [2.24, 2.45) is 16.2 Å². The third-order valence-electron chi connectivity index (χ3n) is 3.78. The molecule has 2 saturated heterocycles. The molecule has 0 saturated carbocycles. The lowest BCUT2D eigenvalue weighted by Gasteiger charge is -2.33. The third kappa shape index (κ3) is 8.39. The maximum Gasteiger partial charge on any atom is 0.144 e. The minimum Gasteiger partial charge on any atom is -0.381 e. The first-order valence-corrected chi connectivity index (χ1v) is 11.0. The molecule has 2 fully saturated rings. The average Bonchev–Trinajstić information content (AvgIpc) is 2.32. The first kappa shape index (κ1) is 22.9. The molecule has 0 spiro atoms. The molecule has 2 heterocycles. The molecule has 3 atom stereocenters. The maximum absolute atomic E-state index is 11.7. The summed E-state index contributed by atoms with van der Waals surface area (Å²) in [7, 11) is -2.07. The predicted octanol–water partition coefficient (Wildman–Crippen LogP) is 2.24. The van der Waals surface area contributed by atoms with E-state index in [9.17, 15) is 8.42 Å². The van der Waals surface area contributed by atoms with E-state index in [0.29, 0.717) is 11.8 Å². The second-order valence-corrected chi connectivity index (χ2v) is 12.4. The summed E-state index contributed by atoms with van der Waals surface area (Å²) in [6, 6.07) is 0.286. The molecule has 8 heteroatoms. The summed E-state index contributed by atoms with van der Waals surface area (Å²) in [5.74, 6) is 0.919. The molecule has 0 amide bonds. The van der Waals surface area contributed by atoms with E-state index < -0.39 is 22.0 Å². The van der Waals surface area contributed by atoms with Gasteiger partial charge in [0.2, 0.25) is 0 Å². The average molecular weight is 395 g/mol. The fourth-order valence-electron chi connectivity index (χ4n) is 1.62. The number of ether oxygens (including phenoxy) is 2. The largest absolute Gasteiger partial charge is 0.381 e. The zero-order valence-corrected chi connectivity index (χ0v) is 18.2. The van der Waals surface area contributed by atoms with Gasteiger partial charge in [0.05, 0.1) is 46.9 Å². The number of hydrogen-bond donors (Lipinski definition) is 1. The van der Waals surface area contributed by atoms with Gasteiger partial charge in [0.25, 0.3) is 0 Å². The molecular weight excluding hydrogens is 360 g/mol. The molecule has 2 aliphatic heterocycles. The number of rotatable bonds is 5.